The highest BCUT2D eigenvalue weighted by Gasteiger charge is 2.15. The van der Waals surface area contributed by atoms with E-state index in [4.69, 9.17) is 28.3 Å². The third-order valence-electron chi connectivity index (χ3n) is 20.7. The summed E-state index contributed by atoms with van der Waals surface area (Å²) >= 11 is 19.8. The van der Waals surface area contributed by atoms with Crippen LogP contribution in [0.3, 0.4) is 0 Å². The van der Waals surface area contributed by atoms with Crippen LogP contribution in [0.1, 0.15) is 356 Å². The van der Waals surface area contributed by atoms with E-state index in [1.54, 1.807) is 54.2 Å². The van der Waals surface area contributed by atoms with Gasteiger partial charge in [0, 0.05) is 63.3 Å². The number of carbonyl (C=O) groups is 4. The molecule has 16 heteroatoms. The van der Waals surface area contributed by atoms with Crippen LogP contribution in [0.2, 0.25) is 10.0 Å². The van der Waals surface area contributed by atoms with Crippen LogP contribution in [0.25, 0.3) is 0 Å². The SMILES string of the molecule is C.C.C.CC(C)=CCC/C(C)=C/CC/C(C)=C/CC/C(C)=C/CSc1ccccc1C(=O)O.CC(C)=CCC/C(C)=C/CC/C(C)=C/CSc1cc(Cl)ccc1C(=O)O.CC(C)=CCC/C(C)=C/CC/C(C)=C/CSc1ccc(Cl)cc1C(=O)O.CC(C)=CCC/C(C)=C/CC/C(C)=C/CSc1ccc(F)cc1C(=O)O.CC(C)=CCC/C(C)=C/CC/C(C)=C/CSc1ccccc1C. The van der Waals surface area contributed by atoms with Crippen LogP contribution >= 0.6 is 82.0 Å². The number of halogens is 3. The molecule has 0 aliphatic rings. The fourth-order valence-corrected chi connectivity index (χ4v) is 18.1. The topological polar surface area (TPSA) is 149 Å². The number of allylic oxidation sites excluding steroid dienone is 27. The summed E-state index contributed by atoms with van der Waals surface area (Å²) < 4.78 is 13.2. The molecule has 5 aromatic rings. The summed E-state index contributed by atoms with van der Waals surface area (Å²) in [4.78, 5) is 49.3. The maximum absolute atomic E-state index is 13.2. The molecule has 0 radical (unpaired) electrons. The molecule has 0 heterocycles. The van der Waals surface area contributed by atoms with Gasteiger partial charge in [0.2, 0.25) is 0 Å². The van der Waals surface area contributed by atoms with E-state index in [2.05, 4.69) is 274 Å². The fourth-order valence-electron chi connectivity index (χ4n) is 12.6. The van der Waals surface area contributed by atoms with E-state index in [9.17, 15) is 38.9 Å². The lowest BCUT2D eigenvalue weighted by molar-refractivity contribution is 0.0682. The lowest BCUT2D eigenvalue weighted by Gasteiger charge is -2.06. The Morgan fingerprint density at radius 3 is 0.761 bits per heavy atom. The molecule has 740 valence electrons. The number of rotatable bonds is 52. The molecule has 0 spiro atoms. The molecule has 0 saturated heterocycles. The van der Waals surface area contributed by atoms with Gasteiger partial charge >= 0.3 is 23.9 Å². The molecular formula is C118H169Cl2FO8S5. The Hall–Kier alpha value is -7.92. The molecule has 0 aromatic heterocycles. The Labute approximate surface area is 845 Å². The lowest BCUT2D eigenvalue weighted by Crippen LogP contribution is -1.99. The first-order chi connectivity index (χ1) is 62.1. The minimum atomic E-state index is -1.10. The molecular weight excluding hydrogens is 1800 g/mol. The standard InChI is InChI=1S/C27H38O2S.2C22H29ClO2S.C22H29FO2S.C22H32S.3CH4/c1-21(2)11-8-12-22(3)13-9-14-23(4)15-10-16-24(5)19-20-30-26-18-7-6-17-25(26)27(28)29;1-16(2)7-5-8-17(3)9-6-10-18(4)13-14-26-21-12-11-19(23)15-20(21)22(24)25;1-16(2)7-5-8-17(3)9-6-10-18(4)13-14-26-21-15-19(23)11-12-20(21)22(24)25;1-16(2)7-5-8-17(3)9-6-10-18(4)13-14-26-21-12-11-19(23)15-20(21)22(24)25;1-18(2)10-8-11-19(3)12-9-13-20(4)16-17-23-22-15-7-6-14-21(22)5;;;/h6-7,11,13,15,17-19H,8-10,12,14,16,20H2,1-5H3,(H,28,29);3*7,9,11-13,15H,5-6,8,10,14H2,1-4H3,(H,24,25);6-7,10,12,14-16H,8-9,11,13,17H2,1-5H3;3*1H4/b22-13+,23-15+,24-19+;3*17-9+,18-13+;19-12+,20-16+;;;. The zero-order chi connectivity index (χ0) is 98.0. The second-order valence-corrected chi connectivity index (χ2v) is 41.0. The Balaban J connectivity index is -0.00000160. The van der Waals surface area contributed by atoms with E-state index >= 15 is 0 Å². The zero-order valence-corrected chi connectivity index (χ0v) is 88.8. The molecule has 8 nitrogen and oxygen atoms in total. The van der Waals surface area contributed by atoms with E-state index < -0.39 is 29.7 Å². The van der Waals surface area contributed by atoms with Crippen molar-refractivity contribution < 1.29 is 44.0 Å². The third kappa shape index (κ3) is 69.0. The Kier molecular flexibility index (Phi) is 76.8. The summed E-state index contributed by atoms with van der Waals surface area (Å²) in [5, 5.41) is 37.9. The molecule has 0 amide bonds. The number of hydrogen-bond acceptors (Lipinski definition) is 9. The average molecular weight is 1970 g/mol. The fraction of sp³-hybridized carbons (Fsp3) is 0.441. The van der Waals surface area contributed by atoms with Gasteiger partial charge < -0.3 is 20.4 Å². The first-order valence-electron chi connectivity index (χ1n) is 46.2. The molecule has 0 atom stereocenters. The van der Waals surface area contributed by atoms with Crippen LogP contribution < -0.4 is 0 Å². The van der Waals surface area contributed by atoms with Crippen molar-refractivity contribution in [3.63, 3.8) is 0 Å². The van der Waals surface area contributed by atoms with E-state index in [1.807, 2.05) is 23.9 Å². The summed E-state index contributed by atoms with van der Waals surface area (Å²) in [7, 11) is 0. The van der Waals surface area contributed by atoms with Gasteiger partial charge in [-0.2, -0.15) is 0 Å². The highest BCUT2D eigenvalue weighted by molar-refractivity contribution is 8.00. The first kappa shape index (κ1) is 130. The number of hydrogen-bond donors (Lipinski definition) is 4. The van der Waals surface area contributed by atoms with E-state index in [-0.39, 0.29) is 33.4 Å². The second kappa shape index (κ2) is 79.0. The lowest BCUT2D eigenvalue weighted by atomic mass is 10.0. The van der Waals surface area contributed by atoms with E-state index in [0.717, 1.165) is 161 Å². The Bertz CT molecular complexity index is 4730. The van der Waals surface area contributed by atoms with Gasteiger partial charge in [0.05, 0.1) is 22.3 Å². The number of carboxylic acid groups (broad SMARTS) is 4. The molecule has 4 N–H and O–H groups in total. The quantitative estimate of drug-likeness (QED) is 0.0216. The Morgan fingerprint density at radius 2 is 0.470 bits per heavy atom. The molecule has 0 unspecified atom stereocenters. The smallest absolute Gasteiger partial charge is 0.336 e. The monoisotopic (exact) mass is 1960 g/mol. The summed E-state index contributed by atoms with van der Waals surface area (Å²) in [5.74, 6) is -0.282. The predicted molar refractivity (Wildman–Crippen MR) is 599 cm³/mol. The summed E-state index contributed by atoms with van der Waals surface area (Å²) in [6, 6.07) is 29.6. The third-order valence-corrected chi connectivity index (χ3v) is 26.3. The normalized spacial score (nSPS) is 12.1. The second-order valence-electron chi connectivity index (χ2n) is 34.8. The number of thioether (sulfide) groups is 5. The average Bonchev–Trinajstić information content (AvgIpc) is 0.900. The highest BCUT2D eigenvalue weighted by Crippen LogP contribution is 2.32. The molecule has 0 aliphatic heterocycles. The van der Waals surface area contributed by atoms with Crippen LogP contribution in [0.15, 0.2) is 314 Å². The predicted octanol–water partition coefficient (Wildman–Crippen LogP) is 40.2. The summed E-state index contributed by atoms with van der Waals surface area (Å²) in [6.07, 6.45) is 60.8. The molecule has 0 aliphatic carbocycles. The van der Waals surface area contributed by atoms with Crippen molar-refractivity contribution in [3.8, 4) is 0 Å². The number of aromatic carboxylic acids is 4. The molecule has 0 bridgehead atoms. The highest BCUT2D eigenvalue weighted by atomic mass is 35.5. The molecule has 0 fully saturated rings. The number of aryl methyl sites for hydroxylation is 1. The van der Waals surface area contributed by atoms with Crippen LogP contribution in [0, 0.1) is 12.7 Å². The van der Waals surface area contributed by atoms with Crippen molar-refractivity contribution >= 4 is 106 Å². The molecule has 5 rings (SSSR count). The van der Waals surface area contributed by atoms with Crippen molar-refractivity contribution in [2.45, 2.75) is 340 Å². The summed E-state index contributed by atoms with van der Waals surface area (Å²) in [5.41, 5.74) is 24.8. The largest absolute Gasteiger partial charge is 0.478 e. The molecule has 5 aromatic carbocycles. The number of carboxylic acids is 4. The van der Waals surface area contributed by atoms with Gasteiger partial charge in [0.1, 0.15) is 5.82 Å². The zero-order valence-electron chi connectivity index (χ0n) is 83.2. The van der Waals surface area contributed by atoms with E-state index in [1.165, 1.54) is 172 Å². The van der Waals surface area contributed by atoms with Crippen LogP contribution in [-0.4, -0.2) is 73.1 Å². The van der Waals surface area contributed by atoms with Gasteiger partial charge in [-0.15, -0.1) is 58.8 Å². The maximum Gasteiger partial charge on any atom is 0.336 e. The van der Waals surface area contributed by atoms with Crippen molar-refractivity contribution in [1.29, 1.82) is 0 Å². The van der Waals surface area contributed by atoms with Crippen LogP contribution in [-0.2, 0) is 0 Å². The molecule has 0 saturated carbocycles. The van der Waals surface area contributed by atoms with Gasteiger partial charge in [-0.05, 0) is 372 Å². The summed E-state index contributed by atoms with van der Waals surface area (Å²) in [6.45, 7) is 47.7. The van der Waals surface area contributed by atoms with Crippen molar-refractivity contribution in [3.05, 3.63) is 333 Å². The van der Waals surface area contributed by atoms with Gasteiger partial charge in [-0.1, -0.05) is 262 Å². The van der Waals surface area contributed by atoms with E-state index in [0.29, 0.717) is 36.7 Å². The van der Waals surface area contributed by atoms with Gasteiger partial charge in [0.15, 0.2) is 0 Å². The van der Waals surface area contributed by atoms with Crippen molar-refractivity contribution in [2.75, 3.05) is 28.8 Å². The van der Waals surface area contributed by atoms with Crippen LogP contribution in [0.5, 0.6) is 0 Å². The van der Waals surface area contributed by atoms with Crippen molar-refractivity contribution in [1.82, 2.24) is 0 Å². The maximum atomic E-state index is 13.2. The van der Waals surface area contributed by atoms with Gasteiger partial charge in [-0.25, -0.2) is 23.6 Å². The number of benzene rings is 5. The minimum absolute atomic E-state index is 0. The van der Waals surface area contributed by atoms with Crippen molar-refractivity contribution in [2.24, 2.45) is 0 Å². The van der Waals surface area contributed by atoms with Crippen LogP contribution in [0.4, 0.5) is 4.39 Å². The van der Waals surface area contributed by atoms with Gasteiger partial charge in [-0.3, -0.25) is 0 Å². The molecule has 134 heavy (non-hydrogen) atoms. The minimum Gasteiger partial charge on any atom is -0.478 e. The van der Waals surface area contributed by atoms with Gasteiger partial charge in [0.25, 0.3) is 0 Å². The first-order valence-corrected chi connectivity index (χ1v) is 51.8. The Morgan fingerprint density at radius 1 is 0.254 bits per heavy atom.